The minimum Gasteiger partial charge on any atom is -0.343 e. The standard InChI is InChI=1S/C20H19N3/c1-14-17(13-21)3-2-4-19(14)15-5-6-16-11-18-7-8-22-9-10-23(18)20(16)12-15/h2-6,11-12,22H,7-10H2,1H3. The van der Waals surface area contributed by atoms with Crippen LogP contribution < -0.4 is 5.32 Å². The molecular formula is C20H19N3. The molecule has 3 heteroatoms. The molecule has 1 aliphatic heterocycles. The van der Waals surface area contributed by atoms with Crippen LogP contribution in [0.2, 0.25) is 0 Å². The molecule has 2 aromatic carbocycles. The number of aromatic nitrogens is 1. The molecule has 4 rings (SSSR count). The average Bonchev–Trinajstić information content (AvgIpc) is 2.76. The van der Waals surface area contributed by atoms with E-state index < -0.39 is 0 Å². The summed E-state index contributed by atoms with van der Waals surface area (Å²) in [6.45, 7) is 5.11. The van der Waals surface area contributed by atoms with E-state index in [0.717, 1.165) is 42.7 Å². The highest BCUT2D eigenvalue weighted by molar-refractivity contribution is 5.87. The van der Waals surface area contributed by atoms with Crippen LogP contribution in [0.15, 0.2) is 42.5 Å². The molecule has 0 unspecified atom stereocenters. The minimum absolute atomic E-state index is 0.751. The van der Waals surface area contributed by atoms with Crippen molar-refractivity contribution in [3.05, 3.63) is 59.3 Å². The van der Waals surface area contributed by atoms with Crippen LogP contribution in [-0.2, 0) is 13.0 Å². The second-order valence-corrected chi connectivity index (χ2v) is 6.15. The monoisotopic (exact) mass is 301 g/mol. The van der Waals surface area contributed by atoms with Crippen LogP contribution >= 0.6 is 0 Å². The Balaban J connectivity index is 1.90. The van der Waals surface area contributed by atoms with Gasteiger partial charge in [-0.2, -0.15) is 5.26 Å². The van der Waals surface area contributed by atoms with Gasteiger partial charge in [0.25, 0.3) is 0 Å². The van der Waals surface area contributed by atoms with Gasteiger partial charge in [0.05, 0.1) is 11.6 Å². The summed E-state index contributed by atoms with van der Waals surface area (Å²) >= 11 is 0. The molecule has 0 atom stereocenters. The second kappa shape index (κ2) is 5.57. The van der Waals surface area contributed by atoms with Gasteiger partial charge in [0, 0.05) is 37.3 Å². The second-order valence-electron chi connectivity index (χ2n) is 6.15. The number of benzene rings is 2. The average molecular weight is 301 g/mol. The first-order valence-corrected chi connectivity index (χ1v) is 8.11. The van der Waals surface area contributed by atoms with Crippen molar-refractivity contribution in [1.29, 1.82) is 5.26 Å². The largest absolute Gasteiger partial charge is 0.343 e. The molecule has 1 aliphatic rings. The van der Waals surface area contributed by atoms with Gasteiger partial charge in [0.15, 0.2) is 0 Å². The molecule has 0 bridgehead atoms. The van der Waals surface area contributed by atoms with Gasteiger partial charge in [-0.3, -0.25) is 0 Å². The number of nitriles is 1. The lowest BCUT2D eigenvalue weighted by Crippen LogP contribution is -2.17. The first-order chi connectivity index (χ1) is 11.3. The molecule has 23 heavy (non-hydrogen) atoms. The smallest absolute Gasteiger partial charge is 0.0994 e. The van der Waals surface area contributed by atoms with E-state index >= 15 is 0 Å². The molecule has 0 saturated carbocycles. The van der Waals surface area contributed by atoms with Crippen LogP contribution in [0.25, 0.3) is 22.0 Å². The molecule has 1 aromatic heterocycles. The highest BCUT2D eigenvalue weighted by atomic mass is 15.0. The molecule has 0 amide bonds. The first-order valence-electron chi connectivity index (χ1n) is 8.11. The maximum absolute atomic E-state index is 9.26. The zero-order valence-electron chi connectivity index (χ0n) is 13.3. The van der Waals surface area contributed by atoms with Gasteiger partial charge in [0.2, 0.25) is 0 Å². The highest BCUT2D eigenvalue weighted by Gasteiger charge is 2.13. The SMILES string of the molecule is Cc1c(C#N)cccc1-c1ccc2cc3n(c2c1)CCNCC3. The van der Waals surface area contributed by atoms with Gasteiger partial charge in [0.1, 0.15) is 0 Å². The Morgan fingerprint density at radius 3 is 2.91 bits per heavy atom. The van der Waals surface area contributed by atoms with Gasteiger partial charge in [-0.25, -0.2) is 0 Å². The van der Waals surface area contributed by atoms with Crippen LogP contribution in [0.3, 0.4) is 0 Å². The van der Waals surface area contributed by atoms with Crippen LogP contribution in [0.5, 0.6) is 0 Å². The third kappa shape index (κ3) is 2.32. The lowest BCUT2D eigenvalue weighted by Gasteiger charge is -2.10. The molecule has 1 N–H and O–H groups in total. The molecule has 0 radical (unpaired) electrons. The Hall–Kier alpha value is -2.57. The predicted molar refractivity (Wildman–Crippen MR) is 93.4 cm³/mol. The van der Waals surface area contributed by atoms with Crippen LogP contribution in [0, 0.1) is 18.3 Å². The summed E-state index contributed by atoms with van der Waals surface area (Å²) in [6.07, 6.45) is 1.08. The van der Waals surface area contributed by atoms with E-state index in [0.29, 0.717) is 0 Å². The Morgan fingerprint density at radius 2 is 2.04 bits per heavy atom. The summed E-state index contributed by atoms with van der Waals surface area (Å²) in [5, 5.41) is 14.0. The molecule has 0 saturated heterocycles. The van der Waals surface area contributed by atoms with Crippen molar-refractivity contribution in [3.63, 3.8) is 0 Å². The van der Waals surface area contributed by atoms with Gasteiger partial charge in [-0.05, 0) is 47.2 Å². The number of nitrogens with zero attached hydrogens (tertiary/aromatic N) is 2. The third-order valence-electron chi connectivity index (χ3n) is 4.83. The van der Waals surface area contributed by atoms with Gasteiger partial charge < -0.3 is 9.88 Å². The van der Waals surface area contributed by atoms with E-state index in [9.17, 15) is 5.26 Å². The summed E-state index contributed by atoms with van der Waals surface area (Å²) in [4.78, 5) is 0. The van der Waals surface area contributed by atoms with Gasteiger partial charge in [-0.1, -0.05) is 24.3 Å². The van der Waals surface area contributed by atoms with Gasteiger partial charge in [-0.15, -0.1) is 0 Å². The van der Waals surface area contributed by atoms with Crippen molar-refractivity contribution in [1.82, 2.24) is 9.88 Å². The van der Waals surface area contributed by atoms with E-state index in [1.807, 2.05) is 19.1 Å². The van der Waals surface area contributed by atoms with E-state index in [-0.39, 0.29) is 0 Å². The van der Waals surface area contributed by atoms with E-state index in [2.05, 4.69) is 46.3 Å². The van der Waals surface area contributed by atoms with Crippen molar-refractivity contribution < 1.29 is 0 Å². The summed E-state index contributed by atoms with van der Waals surface area (Å²) in [5.74, 6) is 0. The van der Waals surface area contributed by atoms with Gasteiger partial charge >= 0.3 is 0 Å². The quantitative estimate of drug-likeness (QED) is 0.745. The van der Waals surface area contributed by atoms with Crippen LogP contribution in [-0.4, -0.2) is 17.7 Å². The van der Waals surface area contributed by atoms with Crippen molar-refractivity contribution in [2.45, 2.75) is 19.9 Å². The zero-order chi connectivity index (χ0) is 15.8. The zero-order valence-corrected chi connectivity index (χ0v) is 13.3. The lowest BCUT2D eigenvalue weighted by atomic mass is 9.96. The summed E-state index contributed by atoms with van der Waals surface area (Å²) in [5.41, 5.74) is 6.84. The van der Waals surface area contributed by atoms with Crippen molar-refractivity contribution in [2.75, 3.05) is 13.1 Å². The number of rotatable bonds is 1. The maximum atomic E-state index is 9.26. The van der Waals surface area contributed by atoms with Crippen LogP contribution in [0.4, 0.5) is 0 Å². The Morgan fingerprint density at radius 1 is 1.13 bits per heavy atom. The fourth-order valence-electron chi connectivity index (χ4n) is 3.55. The Labute approximate surface area is 136 Å². The molecular weight excluding hydrogens is 282 g/mol. The summed E-state index contributed by atoms with van der Waals surface area (Å²) in [6, 6.07) is 17.2. The van der Waals surface area contributed by atoms with Crippen molar-refractivity contribution in [2.24, 2.45) is 0 Å². The molecule has 3 nitrogen and oxygen atoms in total. The molecule has 0 aliphatic carbocycles. The van der Waals surface area contributed by atoms with Crippen LogP contribution in [0.1, 0.15) is 16.8 Å². The van der Waals surface area contributed by atoms with E-state index in [4.69, 9.17) is 0 Å². The van der Waals surface area contributed by atoms with E-state index in [1.165, 1.54) is 22.2 Å². The fourth-order valence-corrected chi connectivity index (χ4v) is 3.55. The Bertz CT molecular complexity index is 928. The van der Waals surface area contributed by atoms with Crippen molar-refractivity contribution in [3.8, 4) is 17.2 Å². The molecule has 0 fully saturated rings. The number of nitrogens with one attached hydrogen (secondary N) is 1. The summed E-state index contributed by atoms with van der Waals surface area (Å²) < 4.78 is 2.43. The van der Waals surface area contributed by atoms with Crippen molar-refractivity contribution >= 4 is 10.9 Å². The molecule has 3 aromatic rings. The first kappa shape index (κ1) is 14.0. The number of fused-ring (bicyclic) bond motifs is 3. The van der Waals surface area contributed by atoms with E-state index in [1.54, 1.807) is 0 Å². The molecule has 2 heterocycles. The molecule has 114 valence electrons. The maximum Gasteiger partial charge on any atom is 0.0994 e. The molecule has 0 spiro atoms. The Kier molecular flexibility index (Phi) is 3.40. The topological polar surface area (TPSA) is 40.8 Å². The fraction of sp³-hybridized carbons (Fsp3) is 0.250. The lowest BCUT2D eigenvalue weighted by molar-refractivity contribution is 0.658. The normalized spacial score (nSPS) is 14.3. The highest BCUT2D eigenvalue weighted by Crippen LogP contribution is 2.30. The predicted octanol–water partition coefficient (Wildman–Crippen LogP) is 3.63. The minimum atomic E-state index is 0.751. The third-order valence-corrected chi connectivity index (χ3v) is 4.83. The number of hydrogen-bond donors (Lipinski definition) is 1. The summed E-state index contributed by atoms with van der Waals surface area (Å²) in [7, 11) is 0. The number of hydrogen-bond acceptors (Lipinski definition) is 2.